The van der Waals surface area contributed by atoms with E-state index in [0.717, 1.165) is 25.6 Å². The van der Waals surface area contributed by atoms with Crippen molar-refractivity contribution >= 4 is 17.7 Å². The van der Waals surface area contributed by atoms with Crippen molar-refractivity contribution in [1.82, 2.24) is 15.5 Å². The number of aliphatic imine (C=N–C) groups is 1. The van der Waals surface area contributed by atoms with E-state index in [9.17, 15) is 0 Å². The van der Waals surface area contributed by atoms with Gasteiger partial charge in [0.15, 0.2) is 5.96 Å². The van der Waals surface area contributed by atoms with E-state index in [0.29, 0.717) is 6.04 Å². The summed E-state index contributed by atoms with van der Waals surface area (Å²) in [6, 6.07) is 7.14. The van der Waals surface area contributed by atoms with Crippen LogP contribution in [0.3, 0.4) is 0 Å². The Morgan fingerprint density at radius 1 is 1.32 bits per heavy atom. The largest absolute Gasteiger partial charge is 0.355 e. The molecule has 0 saturated heterocycles. The predicted molar refractivity (Wildman–Crippen MR) is 98.9 cm³/mol. The molecule has 0 aliphatic rings. The van der Waals surface area contributed by atoms with Gasteiger partial charge in [-0.3, -0.25) is 4.99 Å². The summed E-state index contributed by atoms with van der Waals surface area (Å²) < 4.78 is 0. The van der Waals surface area contributed by atoms with Gasteiger partial charge in [0.25, 0.3) is 0 Å². The third-order valence-electron chi connectivity index (χ3n) is 3.75. The number of rotatable bonds is 7. The molecule has 1 aromatic rings. The first-order valence-electron chi connectivity index (χ1n) is 7.76. The van der Waals surface area contributed by atoms with Crippen LogP contribution in [-0.2, 0) is 6.54 Å². The van der Waals surface area contributed by atoms with Crippen LogP contribution in [-0.4, -0.2) is 50.3 Å². The van der Waals surface area contributed by atoms with Gasteiger partial charge >= 0.3 is 0 Å². The Hall–Kier alpha value is -1.20. The minimum atomic E-state index is 0.563. The Labute approximate surface area is 139 Å². The molecule has 0 aliphatic heterocycles. The van der Waals surface area contributed by atoms with Crippen molar-refractivity contribution in [3.05, 3.63) is 29.3 Å². The molecular formula is C17H30N4S. The molecule has 0 spiro atoms. The van der Waals surface area contributed by atoms with Crippen molar-refractivity contribution in [2.24, 2.45) is 4.99 Å². The van der Waals surface area contributed by atoms with E-state index < -0.39 is 0 Å². The number of nitrogens with one attached hydrogen (secondary N) is 2. The van der Waals surface area contributed by atoms with E-state index in [2.05, 4.69) is 72.8 Å². The van der Waals surface area contributed by atoms with Gasteiger partial charge in [0.05, 0.1) is 0 Å². The second-order valence-corrected chi connectivity index (χ2v) is 6.59. The van der Waals surface area contributed by atoms with E-state index in [1.165, 1.54) is 16.0 Å². The monoisotopic (exact) mass is 322 g/mol. The van der Waals surface area contributed by atoms with Crippen LogP contribution < -0.4 is 10.6 Å². The van der Waals surface area contributed by atoms with Crippen molar-refractivity contribution in [3.63, 3.8) is 0 Å². The second-order valence-electron chi connectivity index (χ2n) is 5.74. The third kappa shape index (κ3) is 6.28. The van der Waals surface area contributed by atoms with Crippen LogP contribution in [0.2, 0.25) is 0 Å². The number of thioether (sulfide) groups is 1. The summed E-state index contributed by atoms with van der Waals surface area (Å²) >= 11 is 1.79. The van der Waals surface area contributed by atoms with Gasteiger partial charge in [-0.15, -0.1) is 11.8 Å². The molecule has 0 saturated carbocycles. The Morgan fingerprint density at radius 3 is 2.64 bits per heavy atom. The lowest BCUT2D eigenvalue weighted by Crippen LogP contribution is -2.41. The van der Waals surface area contributed by atoms with Crippen LogP contribution in [0.25, 0.3) is 0 Å². The zero-order valence-electron chi connectivity index (χ0n) is 14.7. The van der Waals surface area contributed by atoms with Crippen LogP contribution in [0.5, 0.6) is 0 Å². The summed E-state index contributed by atoms with van der Waals surface area (Å²) in [6.07, 6.45) is 2.12. The Balaban J connectivity index is 2.48. The Bertz CT molecular complexity index is 486. The van der Waals surface area contributed by atoms with Crippen LogP contribution >= 0.6 is 11.8 Å². The van der Waals surface area contributed by atoms with Crippen LogP contribution in [0.1, 0.15) is 25.0 Å². The summed E-state index contributed by atoms with van der Waals surface area (Å²) in [7, 11) is 3.95. The van der Waals surface area contributed by atoms with Crippen LogP contribution in [0.4, 0.5) is 0 Å². The van der Waals surface area contributed by atoms with Crippen LogP contribution in [0.15, 0.2) is 28.1 Å². The average Bonchev–Trinajstić information content (AvgIpc) is 2.51. The first-order valence-corrected chi connectivity index (χ1v) is 8.98. The predicted octanol–water partition coefficient (Wildman–Crippen LogP) is 2.72. The molecule has 1 rings (SSSR count). The van der Waals surface area contributed by atoms with Gasteiger partial charge in [0.1, 0.15) is 0 Å². The maximum absolute atomic E-state index is 4.29. The first-order chi connectivity index (χ1) is 10.5. The SMILES string of the molecule is CN=C(NCCN(C)C(C)C)NCc1ccc(C)cc1SC. The molecule has 0 fully saturated rings. The van der Waals surface area contributed by atoms with Gasteiger partial charge in [0, 0.05) is 37.6 Å². The lowest BCUT2D eigenvalue weighted by atomic mass is 10.1. The minimum absolute atomic E-state index is 0.563. The lowest BCUT2D eigenvalue weighted by Gasteiger charge is -2.21. The molecule has 0 aliphatic carbocycles. The average molecular weight is 323 g/mol. The highest BCUT2D eigenvalue weighted by molar-refractivity contribution is 7.98. The molecular weight excluding hydrogens is 292 g/mol. The quantitative estimate of drug-likeness (QED) is 0.460. The molecule has 0 atom stereocenters. The molecule has 0 radical (unpaired) electrons. The van der Waals surface area contributed by atoms with Gasteiger partial charge in [-0.25, -0.2) is 0 Å². The van der Waals surface area contributed by atoms with Crippen molar-refractivity contribution in [2.75, 3.05) is 33.4 Å². The van der Waals surface area contributed by atoms with Crippen LogP contribution in [0, 0.1) is 6.92 Å². The first kappa shape index (κ1) is 18.8. The number of hydrogen-bond acceptors (Lipinski definition) is 3. The molecule has 4 nitrogen and oxygen atoms in total. The summed E-state index contributed by atoms with van der Waals surface area (Å²) in [5.41, 5.74) is 2.60. The maximum Gasteiger partial charge on any atom is 0.191 e. The van der Waals surface area contributed by atoms with E-state index in [4.69, 9.17) is 0 Å². The molecule has 0 heterocycles. The standard InChI is InChI=1S/C17H30N4S/c1-13(2)21(5)10-9-19-17(18-4)20-12-15-8-7-14(3)11-16(15)22-6/h7-8,11,13H,9-10,12H2,1-6H3,(H2,18,19,20). The Kier molecular flexibility index (Phi) is 8.35. The number of benzene rings is 1. The van der Waals surface area contributed by atoms with Gasteiger partial charge in [-0.2, -0.15) is 0 Å². The van der Waals surface area contributed by atoms with Crippen molar-refractivity contribution in [1.29, 1.82) is 0 Å². The molecule has 2 N–H and O–H groups in total. The molecule has 0 amide bonds. The fraction of sp³-hybridized carbons (Fsp3) is 0.588. The molecule has 5 heteroatoms. The van der Waals surface area contributed by atoms with Crippen molar-refractivity contribution in [2.45, 2.75) is 38.3 Å². The lowest BCUT2D eigenvalue weighted by molar-refractivity contribution is 0.278. The Morgan fingerprint density at radius 2 is 2.05 bits per heavy atom. The maximum atomic E-state index is 4.29. The normalized spacial score (nSPS) is 12.1. The van der Waals surface area contributed by atoms with Gasteiger partial charge in [0.2, 0.25) is 0 Å². The zero-order chi connectivity index (χ0) is 16.5. The number of likely N-dealkylation sites (N-methyl/N-ethyl adjacent to an activating group) is 1. The van der Waals surface area contributed by atoms with Crippen molar-refractivity contribution in [3.8, 4) is 0 Å². The number of nitrogens with zero attached hydrogens (tertiary/aromatic N) is 2. The van der Waals surface area contributed by atoms with Gasteiger partial charge in [-0.1, -0.05) is 12.1 Å². The minimum Gasteiger partial charge on any atom is -0.355 e. The zero-order valence-corrected chi connectivity index (χ0v) is 15.5. The molecule has 0 bridgehead atoms. The van der Waals surface area contributed by atoms with E-state index in [1.807, 2.05) is 7.05 Å². The second kappa shape index (κ2) is 9.74. The summed E-state index contributed by atoms with van der Waals surface area (Å²) in [5, 5.41) is 6.75. The summed E-state index contributed by atoms with van der Waals surface area (Å²) in [6.45, 7) is 9.21. The molecule has 0 unspecified atom stereocenters. The highest BCUT2D eigenvalue weighted by atomic mass is 32.2. The van der Waals surface area contributed by atoms with E-state index in [1.54, 1.807) is 11.8 Å². The summed E-state index contributed by atoms with van der Waals surface area (Å²) in [5.74, 6) is 0.852. The van der Waals surface area contributed by atoms with E-state index in [-0.39, 0.29) is 0 Å². The fourth-order valence-electron chi connectivity index (χ4n) is 2.01. The molecule has 124 valence electrons. The number of guanidine groups is 1. The highest BCUT2D eigenvalue weighted by Crippen LogP contribution is 2.21. The number of hydrogen-bond donors (Lipinski definition) is 2. The summed E-state index contributed by atoms with van der Waals surface area (Å²) in [4.78, 5) is 7.92. The van der Waals surface area contributed by atoms with Gasteiger partial charge in [-0.05, 0) is 51.3 Å². The molecule has 22 heavy (non-hydrogen) atoms. The fourth-order valence-corrected chi connectivity index (χ4v) is 2.71. The van der Waals surface area contributed by atoms with Gasteiger partial charge < -0.3 is 15.5 Å². The van der Waals surface area contributed by atoms with E-state index >= 15 is 0 Å². The molecule has 1 aromatic carbocycles. The number of aryl methyl sites for hydroxylation is 1. The highest BCUT2D eigenvalue weighted by Gasteiger charge is 2.05. The smallest absolute Gasteiger partial charge is 0.191 e. The third-order valence-corrected chi connectivity index (χ3v) is 4.57. The molecule has 0 aromatic heterocycles. The van der Waals surface area contributed by atoms with Crippen molar-refractivity contribution < 1.29 is 0 Å². The topological polar surface area (TPSA) is 39.7 Å².